The van der Waals surface area contributed by atoms with Crippen LogP contribution in [0.5, 0.6) is 5.75 Å². The van der Waals surface area contributed by atoms with Crippen LogP contribution in [0, 0.1) is 17.3 Å². The molecule has 4 rings (SSSR count). The number of ether oxygens (including phenoxy) is 1. The van der Waals surface area contributed by atoms with Crippen molar-refractivity contribution >= 4 is 24.4 Å². The van der Waals surface area contributed by atoms with Crippen LogP contribution in [0.15, 0.2) is 18.2 Å². The molecule has 6 heteroatoms. The van der Waals surface area contributed by atoms with Gasteiger partial charge in [-0.25, -0.2) is 4.79 Å². The van der Waals surface area contributed by atoms with E-state index in [1.807, 2.05) is 6.07 Å². The molecule has 5 atom stereocenters. The number of fused-ring (bicyclic) bond motifs is 5. The van der Waals surface area contributed by atoms with Gasteiger partial charge in [-0.2, -0.15) is 0 Å². The SMILES string of the molecule is C[C@]12CCC3c4ccc(OB=S)cc4CCC3C1CC[C@@H]2OC(=O)CO. The van der Waals surface area contributed by atoms with E-state index in [-0.39, 0.29) is 11.5 Å². The van der Waals surface area contributed by atoms with Gasteiger partial charge in [-0.15, -0.1) is 0 Å². The molecule has 0 radical (unpaired) electrons. The summed E-state index contributed by atoms with van der Waals surface area (Å²) in [6.07, 6.45) is 7.75. The number of benzene rings is 1. The van der Waals surface area contributed by atoms with Gasteiger partial charge in [0.2, 0.25) is 0 Å². The Morgan fingerprint density at radius 3 is 2.96 bits per heavy atom. The number of carbonyl (C=O) groups is 1. The van der Waals surface area contributed by atoms with E-state index in [1.54, 1.807) is 0 Å². The molecule has 0 heterocycles. The predicted molar refractivity (Wildman–Crippen MR) is 102 cm³/mol. The van der Waals surface area contributed by atoms with Crippen molar-refractivity contribution in [2.24, 2.45) is 17.3 Å². The minimum absolute atomic E-state index is 0.0455. The monoisotopic (exact) mass is 372 g/mol. The van der Waals surface area contributed by atoms with Crippen LogP contribution in [-0.4, -0.2) is 30.1 Å². The summed E-state index contributed by atoms with van der Waals surface area (Å²) in [5.74, 6) is 2.17. The summed E-state index contributed by atoms with van der Waals surface area (Å²) < 4.78 is 11.0. The number of aliphatic hydroxyl groups is 1. The van der Waals surface area contributed by atoms with E-state index >= 15 is 0 Å². The van der Waals surface area contributed by atoms with Gasteiger partial charge < -0.3 is 5.11 Å². The first-order chi connectivity index (χ1) is 12.6. The molecule has 3 aliphatic rings. The van der Waals surface area contributed by atoms with E-state index in [4.69, 9.17) is 26.6 Å². The Balaban J connectivity index is 1.57. The Kier molecular flexibility index (Phi) is 4.91. The van der Waals surface area contributed by atoms with Gasteiger partial charge >= 0.3 is 144 Å². The molecule has 0 aliphatic heterocycles. The molecule has 0 saturated heterocycles. The first kappa shape index (κ1) is 18.1. The molecule has 0 amide bonds. The predicted octanol–water partition coefficient (Wildman–Crippen LogP) is 3.56. The minimum Gasteiger partial charge on any atom is -0.385 e. The van der Waals surface area contributed by atoms with Crippen LogP contribution in [0.25, 0.3) is 0 Å². The summed E-state index contributed by atoms with van der Waals surface area (Å²) in [4.78, 5) is 11.6. The fourth-order valence-corrected chi connectivity index (χ4v) is 6.14. The van der Waals surface area contributed by atoms with E-state index < -0.39 is 12.6 Å². The van der Waals surface area contributed by atoms with Gasteiger partial charge in [-0.1, -0.05) is 0 Å². The molecule has 3 unspecified atom stereocenters. The van der Waals surface area contributed by atoms with Crippen LogP contribution >= 0.6 is 12.1 Å². The zero-order chi connectivity index (χ0) is 18.3. The number of aliphatic hydroxyl groups excluding tert-OH is 1. The van der Waals surface area contributed by atoms with Crippen molar-refractivity contribution in [3.63, 3.8) is 0 Å². The summed E-state index contributed by atoms with van der Waals surface area (Å²) in [5.41, 5.74) is 2.91. The van der Waals surface area contributed by atoms with Gasteiger partial charge in [0.05, 0.1) is 0 Å². The van der Waals surface area contributed by atoms with E-state index in [9.17, 15) is 4.79 Å². The molecule has 0 aromatic heterocycles. The fourth-order valence-electron chi connectivity index (χ4n) is 6.03. The zero-order valence-electron chi connectivity index (χ0n) is 15.1. The van der Waals surface area contributed by atoms with Crippen molar-refractivity contribution in [3.05, 3.63) is 29.3 Å². The maximum absolute atomic E-state index is 11.6. The van der Waals surface area contributed by atoms with E-state index in [0.29, 0.717) is 17.8 Å². The molecule has 26 heavy (non-hydrogen) atoms. The van der Waals surface area contributed by atoms with Gasteiger partial charge in [-0.05, 0) is 0 Å². The van der Waals surface area contributed by atoms with Gasteiger partial charge in [0.15, 0.2) is 0 Å². The van der Waals surface area contributed by atoms with Crippen LogP contribution < -0.4 is 4.65 Å². The molecule has 138 valence electrons. The number of carbonyl (C=O) groups excluding carboxylic acids is 1. The fraction of sp³-hybridized carbons (Fsp3) is 0.650. The van der Waals surface area contributed by atoms with Crippen molar-refractivity contribution in [1.29, 1.82) is 0 Å². The molecular weight excluding hydrogens is 347 g/mol. The van der Waals surface area contributed by atoms with Crippen molar-refractivity contribution in [1.82, 2.24) is 0 Å². The van der Waals surface area contributed by atoms with Crippen molar-refractivity contribution in [2.45, 2.75) is 57.5 Å². The maximum atomic E-state index is 11.6. The van der Waals surface area contributed by atoms with Crippen LogP contribution in [0.4, 0.5) is 0 Å². The number of hydrogen-bond donors (Lipinski definition) is 1. The van der Waals surface area contributed by atoms with Gasteiger partial charge in [0.25, 0.3) is 0 Å². The third kappa shape index (κ3) is 2.91. The van der Waals surface area contributed by atoms with Crippen LogP contribution in [0.3, 0.4) is 0 Å². The Morgan fingerprint density at radius 2 is 2.19 bits per heavy atom. The van der Waals surface area contributed by atoms with E-state index in [1.165, 1.54) is 23.9 Å². The van der Waals surface area contributed by atoms with E-state index in [2.05, 4.69) is 19.1 Å². The van der Waals surface area contributed by atoms with Gasteiger partial charge in [0, 0.05) is 0 Å². The van der Waals surface area contributed by atoms with Gasteiger partial charge in [0.1, 0.15) is 6.61 Å². The molecular formula is C20H25BO4S. The number of rotatable bonds is 4. The summed E-state index contributed by atoms with van der Waals surface area (Å²) in [6, 6.07) is 6.39. The Morgan fingerprint density at radius 1 is 1.35 bits per heavy atom. The van der Waals surface area contributed by atoms with Crippen molar-refractivity contribution in [3.8, 4) is 5.75 Å². The summed E-state index contributed by atoms with van der Waals surface area (Å²) in [6.45, 7) is 1.77. The Bertz CT molecular complexity index is 724. The minimum atomic E-state index is -0.525. The van der Waals surface area contributed by atoms with Gasteiger partial charge in [-0.3, -0.25) is 0 Å². The summed E-state index contributed by atoms with van der Waals surface area (Å²) in [5, 5.41) is 9.04. The van der Waals surface area contributed by atoms with Crippen LogP contribution in [0.1, 0.15) is 56.1 Å². The molecule has 0 bridgehead atoms. The third-order valence-electron chi connectivity index (χ3n) is 7.20. The molecule has 2 saturated carbocycles. The standard InChI is InChI=1S/C20H25BO4S/c1-20-9-8-15-14-5-3-13(25-21-26)10-12(14)2-4-16(15)17(20)6-7-18(20)24-19(23)11-22/h3,5,10,15-18,22H,2,4,6-9,11H2,1H3/t15?,16?,17?,18-,20-/m0/s1. The Labute approximate surface area is 160 Å². The second kappa shape index (κ2) is 7.04. The van der Waals surface area contributed by atoms with Crippen LogP contribution in [-0.2, 0) is 16.0 Å². The number of esters is 1. The second-order valence-electron chi connectivity index (χ2n) is 8.25. The molecule has 1 aromatic carbocycles. The molecule has 3 aliphatic carbocycles. The average Bonchev–Trinajstić information content (AvgIpc) is 2.98. The summed E-state index contributed by atoms with van der Waals surface area (Å²) in [7, 11) is 0. The first-order valence-electron chi connectivity index (χ1n) is 9.60. The zero-order valence-corrected chi connectivity index (χ0v) is 16.0. The molecule has 1 N–H and O–H groups in total. The first-order valence-corrected chi connectivity index (χ1v) is 10.1. The van der Waals surface area contributed by atoms with E-state index in [0.717, 1.165) is 37.9 Å². The summed E-state index contributed by atoms with van der Waals surface area (Å²) >= 11 is 4.80. The molecule has 0 spiro atoms. The topological polar surface area (TPSA) is 55.8 Å². The number of hydrogen-bond acceptors (Lipinski definition) is 5. The molecule has 4 nitrogen and oxygen atoms in total. The quantitative estimate of drug-likeness (QED) is 0.647. The normalized spacial score (nSPS) is 34.8. The van der Waals surface area contributed by atoms with Crippen molar-refractivity contribution < 1.29 is 19.3 Å². The number of aryl methyl sites for hydroxylation is 1. The average molecular weight is 372 g/mol. The third-order valence-corrected chi connectivity index (χ3v) is 7.29. The molecule has 1 aromatic rings. The van der Waals surface area contributed by atoms with Crippen molar-refractivity contribution in [2.75, 3.05) is 6.61 Å². The molecule has 2 fully saturated rings. The smallest absolute Gasteiger partial charge is 0.385 e. The van der Waals surface area contributed by atoms with Crippen LogP contribution in [0.2, 0.25) is 0 Å². The second-order valence-corrected chi connectivity index (χ2v) is 8.44. The Hall–Kier alpha value is -1.27.